The highest BCUT2D eigenvalue weighted by molar-refractivity contribution is 5.85. The van der Waals surface area contributed by atoms with E-state index in [9.17, 15) is 23.3 Å². The van der Waals surface area contributed by atoms with Gasteiger partial charge in [0.1, 0.15) is 11.9 Å². The third-order valence-electron chi connectivity index (χ3n) is 3.29. The average molecular weight is 362 g/mol. The Hall–Kier alpha value is -1.09. The summed E-state index contributed by atoms with van der Waals surface area (Å²) in [7, 11) is 0. The second-order valence-corrected chi connectivity index (χ2v) is 4.53. The minimum atomic E-state index is -2.83. The molecule has 1 aliphatic heterocycles. The smallest absolute Gasteiger partial charge is 0.274 e. The highest BCUT2D eigenvalue weighted by Crippen LogP contribution is 2.34. The van der Waals surface area contributed by atoms with E-state index in [1.54, 1.807) is 0 Å². The van der Waals surface area contributed by atoms with Crippen LogP contribution in [0.4, 0.5) is 18.9 Å². The SMILES string of the molecule is Cl.Cl.O=[N+]([O-])c1ccc(F)cc1[C@H](C(F)F)N1CCNCC1. The first-order valence-electron chi connectivity index (χ1n) is 6.17. The third-order valence-corrected chi connectivity index (χ3v) is 3.29. The molecule has 0 amide bonds. The Bertz CT molecular complexity index is 503. The molecule has 126 valence electrons. The van der Waals surface area contributed by atoms with Gasteiger partial charge in [-0.1, -0.05) is 0 Å². The van der Waals surface area contributed by atoms with E-state index in [4.69, 9.17) is 0 Å². The molecule has 0 saturated carbocycles. The molecule has 1 heterocycles. The summed E-state index contributed by atoms with van der Waals surface area (Å²) in [5, 5.41) is 14.0. The lowest BCUT2D eigenvalue weighted by Crippen LogP contribution is -2.47. The molecule has 1 saturated heterocycles. The van der Waals surface area contributed by atoms with Crippen LogP contribution < -0.4 is 5.32 Å². The number of piperazine rings is 1. The summed E-state index contributed by atoms with van der Waals surface area (Å²) < 4.78 is 40.0. The van der Waals surface area contributed by atoms with Gasteiger partial charge in [-0.3, -0.25) is 15.0 Å². The maximum atomic E-state index is 13.3. The second kappa shape index (κ2) is 9.14. The van der Waals surface area contributed by atoms with Crippen LogP contribution >= 0.6 is 24.8 Å². The second-order valence-electron chi connectivity index (χ2n) is 4.53. The molecule has 0 aromatic heterocycles. The van der Waals surface area contributed by atoms with Crippen LogP contribution in [0.3, 0.4) is 0 Å². The summed E-state index contributed by atoms with van der Waals surface area (Å²) >= 11 is 0. The Morgan fingerprint density at radius 1 is 1.23 bits per heavy atom. The molecule has 2 rings (SSSR count). The van der Waals surface area contributed by atoms with Gasteiger partial charge in [-0.2, -0.15) is 0 Å². The van der Waals surface area contributed by atoms with Crippen molar-refractivity contribution in [3.05, 3.63) is 39.7 Å². The number of benzene rings is 1. The molecule has 1 fully saturated rings. The molecule has 10 heteroatoms. The fourth-order valence-corrected chi connectivity index (χ4v) is 2.38. The molecule has 22 heavy (non-hydrogen) atoms. The fraction of sp³-hybridized carbons (Fsp3) is 0.500. The minimum Gasteiger partial charge on any atom is -0.314 e. The number of nitro benzene ring substituents is 1. The van der Waals surface area contributed by atoms with Gasteiger partial charge in [-0.05, 0) is 12.1 Å². The molecule has 0 spiro atoms. The molecular formula is C12H16Cl2F3N3O2. The lowest BCUT2D eigenvalue weighted by molar-refractivity contribution is -0.386. The van der Waals surface area contributed by atoms with Crippen molar-refractivity contribution in [3.8, 4) is 0 Å². The molecular weight excluding hydrogens is 346 g/mol. The van der Waals surface area contributed by atoms with Crippen molar-refractivity contribution < 1.29 is 18.1 Å². The highest BCUT2D eigenvalue weighted by Gasteiger charge is 2.35. The van der Waals surface area contributed by atoms with Crippen molar-refractivity contribution in [3.63, 3.8) is 0 Å². The summed E-state index contributed by atoms with van der Waals surface area (Å²) in [6, 6.07) is 1.20. The van der Waals surface area contributed by atoms with Crippen molar-refractivity contribution in [2.24, 2.45) is 0 Å². The Morgan fingerprint density at radius 2 is 1.82 bits per heavy atom. The van der Waals surface area contributed by atoms with Gasteiger partial charge in [-0.25, -0.2) is 13.2 Å². The van der Waals surface area contributed by atoms with Gasteiger partial charge < -0.3 is 5.32 Å². The molecule has 1 aliphatic rings. The van der Waals surface area contributed by atoms with Crippen LogP contribution in [0.2, 0.25) is 0 Å². The van der Waals surface area contributed by atoms with Crippen LogP contribution in [0.5, 0.6) is 0 Å². The molecule has 0 unspecified atom stereocenters. The largest absolute Gasteiger partial charge is 0.314 e. The van der Waals surface area contributed by atoms with E-state index in [2.05, 4.69) is 5.32 Å². The van der Waals surface area contributed by atoms with Crippen molar-refractivity contribution in [2.45, 2.75) is 12.5 Å². The first-order chi connectivity index (χ1) is 9.50. The van der Waals surface area contributed by atoms with Crippen molar-refractivity contribution >= 4 is 30.5 Å². The summed E-state index contributed by atoms with van der Waals surface area (Å²) in [5.41, 5.74) is -0.748. The van der Waals surface area contributed by atoms with Gasteiger partial charge in [0.05, 0.1) is 10.5 Å². The van der Waals surface area contributed by atoms with E-state index in [1.165, 1.54) is 4.90 Å². The van der Waals surface area contributed by atoms with E-state index in [0.29, 0.717) is 26.2 Å². The number of rotatable bonds is 4. The van der Waals surface area contributed by atoms with Gasteiger partial charge in [0.25, 0.3) is 12.1 Å². The summed E-state index contributed by atoms with van der Waals surface area (Å²) in [5.74, 6) is -0.758. The molecule has 0 aliphatic carbocycles. The summed E-state index contributed by atoms with van der Waals surface area (Å²) in [6.45, 7) is 1.71. The van der Waals surface area contributed by atoms with Gasteiger partial charge in [-0.15, -0.1) is 24.8 Å². The molecule has 0 radical (unpaired) electrons. The van der Waals surface area contributed by atoms with Crippen molar-refractivity contribution in [1.29, 1.82) is 0 Å². The first-order valence-corrected chi connectivity index (χ1v) is 6.17. The lowest BCUT2D eigenvalue weighted by Gasteiger charge is -2.34. The van der Waals surface area contributed by atoms with Gasteiger partial charge >= 0.3 is 0 Å². The van der Waals surface area contributed by atoms with E-state index >= 15 is 0 Å². The maximum absolute atomic E-state index is 13.3. The van der Waals surface area contributed by atoms with Crippen LogP contribution in [0, 0.1) is 15.9 Å². The minimum absolute atomic E-state index is 0. The number of halogens is 5. The van der Waals surface area contributed by atoms with Crippen LogP contribution in [0.1, 0.15) is 11.6 Å². The zero-order chi connectivity index (χ0) is 14.7. The predicted molar refractivity (Wildman–Crippen MR) is 80.7 cm³/mol. The highest BCUT2D eigenvalue weighted by atomic mass is 35.5. The van der Waals surface area contributed by atoms with E-state index in [1.807, 2.05) is 0 Å². The van der Waals surface area contributed by atoms with Crippen molar-refractivity contribution in [2.75, 3.05) is 26.2 Å². The number of nitrogens with one attached hydrogen (secondary N) is 1. The summed E-state index contributed by atoms with van der Waals surface area (Å²) in [4.78, 5) is 11.6. The molecule has 1 aromatic rings. The first kappa shape index (κ1) is 20.9. The molecule has 1 atom stereocenters. The Kier molecular flexibility index (Phi) is 8.69. The lowest BCUT2D eigenvalue weighted by atomic mass is 10.0. The molecule has 1 aromatic carbocycles. The van der Waals surface area contributed by atoms with Crippen LogP contribution in [0.15, 0.2) is 18.2 Å². The molecule has 1 N–H and O–H groups in total. The van der Waals surface area contributed by atoms with Gasteiger partial charge in [0.2, 0.25) is 0 Å². The third kappa shape index (κ3) is 4.70. The number of nitro groups is 1. The number of hydrogen-bond donors (Lipinski definition) is 1. The van der Waals surface area contributed by atoms with Gasteiger partial charge in [0, 0.05) is 32.2 Å². The van der Waals surface area contributed by atoms with Crippen LogP contribution in [-0.2, 0) is 0 Å². The maximum Gasteiger partial charge on any atom is 0.274 e. The molecule has 5 nitrogen and oxygen atoms in total. The quantitative estimate of drug-likeness (QED) is 0.661. The fourth-order valence-electron chi connectivity index (χ4n) is 2.38. The summed E-state index contributed by atoms with van der Waals surface area (Å²) in [6.07, 6.45) is -2.83. The zero-order valence-electron chi connectivity index (χ0n) is 11.4. The Labute approximate surface area is 137 Å². The van der Waals surface area contributed by atoms with E-state index < -0.39 is 28.9 Å². The zero-order valence-corrected chi connectivity index (χ0v) is 13.0. The standard InChI is InChI=1S/C12H14F3N3O2.2ClH/c13-8-1-2-10(18(19)20)9(7-8)11(12(14)15)17-5-3-16-4-6-17;;/h1-2,7,11-12,16H,3-6H2;2*1H/t11-;;/m1../s1. The Morgan fingerprint density at radius 3 is 2.32 bits per heavy atom. The Balaban J connectivity index is 0.00000220. The normalized spacial score (nSPS) is 16.5. The van der Waals surface area contributed by atoms with Gasteiger partial charge in [0.15, 0.2) is 0 Å². The van der Waals surface area contributed by atoms with E-state index in [0.717, 1.165) is 18.2 Å². The van der Waals surface area contributed by atoms with Crippen LogP contribution in [0.25, 0.3) is 0 Å². The monoisotopic (exact) mass is 361 g/mol. The average Bonchev–Trinajstić information content (AvgIpc) is 2.39. The van der Waals surface area contributed by atoms with Crippen molar-refractivity contribution in [1.82, 2.24) is 10.2 Å². The topological polar surface area (TPSA) is 58.4 Å². The predicted octanol–water partition coefficient (Wildman–Crippen LogP) is 2.79. The van der Waals surface area contributed by atoms with Crippen LogP contribution in [-0.4, -0.2) is 42.4 Å². The number of hydrogen-bond acceptors (Lipinski definition) is 4. The van der Waals surface area contributed by atoms with E-state index in [-0.39, 0.29) is 30.4 Å². The number of nitrogens with zero attached hydrogens (tertiary/aromatic N) is 2. The molecule has 0 bridgehead atoms. The number of alkyl halides is 2.